The molecule has 2 fully saturated rings. The molecule has 0 aliphatic carbocycles. The highest BCUT2D eigenvalue weighted by molar-refractivity contribution is 5.80. The van der Waals surface area contributed by atoms with Gasteiger partial charge in [0.05, 0.1) is 13.2 Å². The Balaban J connectivity index is 1.93. The van der Waals surface area contributed by atoms with Crippen LogP contribution >= 0.6 is 0 Å². The Kier molecular flexibility index (Phi) is 11.2. The Morgan fingerprint density at radius 2 is 1.44 bits per heavy atom. The van der Waals surface area contributed by atoms with E-state index in [2.05, 4.69) is 5.32 Å². The molecule has 13 nitrogen and oxygen atoms in total. The largest absolute Gasteiger partial charge is 0.394 e. The number of Topliss-reactive ketones (excluding diaryl/α,β-unsaturated/α-hetero) is 1. The molecule has 0 aromatic carbocycles. The second kappa shape index (κ2) is 13.2. The van der Waals surface area contributed by atoms with Crippen molar-refractivity contribution in [1.29, 1.82) is 0 Å². The lowest BCUT2D eigenvalue weighted by molar-refractivity contribution is -0.343. The zero-order valence-electron chi connectivity index (χ0n) is 19.3. The summed E-state index contributed by atoms with van der Waals surface area (Å²) >= 11 is 0. The van der Waals surface area contributed by atoms with Crippen molar-refractivity contribution in [3.8, 4) is 0 Å². The fourth-order valence-electron chi connectivity index (χ4n) is 3.81. The Hall–Kier alpha value is -1.26. The maximum absolute atomic E-state index is 12.2. The van der Waals surface area contributed by atoms with Crippen LogP contribution in [0.3, 0.4) is 0 Å². The molecule has 8 N–H and O–H groups in total. The highest BCUT2D eigenvalue weighted by atomic mass is 16.7. The molecule has 2 aliphatic rings. The maximum atomic E-state index is 12.2. The molecular formula is C21H37NO12. The number of aliphatic hydroxyl groups excluding tert-OH is 7. The zero-order valence-corrected chi connectivity index (χ0v) is 19.3. The maximum Gasteiger partial charge on any atom is 0.222 e. The standard InChI is InChI=1S/C21H37NO12/c1-9(2)10(25)5-3-4-6-13(26)22-20-17(30)16(29)19(12(8-24)32-20)34-21-18(31)15(28)14(27)11(7-23)33-21/h9,11-12,14-21,23-24,27-31H,3-8H2,1-2H3,(H,22,26)/t11?,12?,14-,15-,16+,17?,18?,19-,20+,21-/m0/s1. The molecule has 0 saturated carbocycles. The molecule has 0 spiro atoms. The van der Waals surface area contributed by atoms with Crippen LogP contribution in [0.15, 0.2) is 0 Å². The van der Waals surface area contributed by atoms with Crippen LogP contribution in [0.5, 0.6) is 0 Å². The van der Waals surface area contributed by atoms with Crippen molar-refractivity contribution < 1.29 is 59.5 Å². The predicted molar refractivity (Wildman–Crippen MR) is 113 cm³/mol. The summed E-state index contributed by atoms with van der Waals surface area (Å²) < 4.78 is 16.2. The number of ether oxygens (including phenoxy) is 3. The molecule has 13 heteroatoms. The fraction of sp³-hybridized carbons (Fsp3) is 0.905. The van der Waals surface area contributed by atoms with E-state index >= 15 is 0 Å². The molecule has 4 unspecified atom stereocenters. The van der Waals surface area contributed by atoms with Crippen molar-refractivity contribution in [2.45, 2.75) is 101 Å². The molecular weight excluding hydrogens is 458 g/mol. The van der Waals surface area contributed by atoms with Gasteiger partial charge in [0.1, 0.15) is 54.6 Å². The number of nitrogens with one attached hydrogen (secondary N) is 1. The van der Waals surface area contributed by atoms with Crippen LogP contribution in [0.4, 0.5) is 0 Å². The van der Waals surface area contributed by atoms with E-state index in [9.17, 15) is 45.3 Å². The van der Waals surface area contributed by atoms with Gasteiger partial charge in [0.15, 0.2) is 12.5 Å². The van der Waals surface area contributed by atoms with Gasteiger partial charge in [0, 0.05) is 18.8 Å². The fourth-order valence-corrected chi connectivity index (χ4v) is 3.81. The van der Waals surface area contributed by atoms with E-state index in [4.69, 9.17) is 14.2 Å². The first-order valence-electron chi connectivity index (χ1n) is 11.4. The molecule has 0 aromatic heterocycles. The molecule has 0 bridgehead atoms. The highest BCUT2D eigenvalue weighted by Gasteiger charge is 2.50. The third-order valence-electron chi connectivity index (χ3n) is 6.03. The van der Waals surface area contributed by atoms with Crippen LogP contribution in [0.1, 0.15) is 39.5 Å². The molecule has 1 amide bonds. The second-order valence-corrected chi connectivity index (χ2v) is 8.95. The van der Waals surface area contributed by atoms with Gasteiger partial charge in [-0.1, -0.05) is 13.8 Å². The third kappa shape index (κ3) is 7.13. The zero-order chi connectivity index (χ0) is 25.6. The average Bonchev–Trinajstić information content (AvgIpc) is 2.81. The first-order valence-corrected chi connectivity index (χ1v) is 11.4. The topological polar surface area (TPSA) is 215 Å². The number of rotatable bonds is 11. The van der Waals surface area contributed by atoms with Gasteiger partial charge < -0.3 is 55.3 Å². The van der Waals surface area contributed by atoms with Crippen LogP contribution in [0.25, 0.3) is 0 Å². The Labute approximate surface area is 197 Å². The summed E-state index contributed by atoms with van der Waals surface area (Å²) in [6.45, 7) is 2.21. The Morgan fingerprint density at radius 3 is 2.03 bits per heavy atom. The minimum atomic E-state index is -1.76. The second-order valence-electron chi connectivity index (χ2n) is 8.95. The quantitative estimate of drug-likeness (QED) is 0.131. The van der Waals surface area contributed by atoms with Crippen LogP contribution in [0.2, 0.25) is 0 Å². The number of carbonyl (C=O) groups excluding carboxylic acids is 2. The van der Waals surface area contributed by atoms with Crippen molar-refractivity contribution in [1.82, 2.24) is 5.32 Å². The summed E-state index contributed by atoms with van der Waals surface area (Å²) in [5.74, 6) is -0.460. The van der Waals surface area contributed by atoms with E-state index in [0.29, 0.717) is 19.3 Å². The molecule has 0 radical (unpaired) electrons. The Bertz CT molecular complexity index is 660. The third-order valence-corrected chi connectivity index (χ3v) is 6.03. The SMILES string of the molecule is CC(C)C(=O)CCCCC(=O)N[C@@H]1OC(CO)[C@H](O[C@@H]2OC(CO)[C@H](O)[C@H](O)C2O)[C@H](O)C1O. The van der Waals surface area contributed by atoms with Gasteiger partial charge in [-0.15, -0.1) is 0 Å². The number of amides is 1. The first kappa shape index (κ1) is 29.0. The molecule has 2 aliphatic heterocycles. The van der Waals surface area contributed by atoms with Gasteiger partial charge in [-0.2, -0.15) is 0 Å². The van der Waals surface area contributed by atoms with Crippen molar-refractivity contribution in [3.63, 3.8) is 0 Å². The van der Waals surface area contributed by atoms with Crippen LogP contribution in [-0.2, 0) is 23.8 Å². The highest BCUT2D eigenvalue weighted by Crippen LogP contribution is 2.28. The van der Waals surface area contributed by atoms with Gasteiger partial charge in [-0.25, -0.2) is 0 Å². The lowest BCUT2D eigenvalue weighted by Crippen LogP contribution is -2.66. The molecule has 198 valence electrons. The summed E-state index contributed by atoms with van der Waals surface area (Å²) in [4.78, 5) is 23.9. The molecule has 2 saturated heterocycles. The van der Waals surface area contributed by atoms with Gasteiger partial charge in [0.25, 0.3) is 0 Å². The number of hydrogen-bond acceptors (Lipinski definition) is 12. The molecule has 34 heavy (non-hydrogen) atoms. The van der Waals surface area contributed by atoms with E-state index in [0.717, 1.165) is 0 Å². The number of aliphatic hydroxyl groups is 7. The summed E-state index contributed by atoms with van der Waals surface area (Å²) in [7, 11) is 0. The number of carbonyl (C=O) groups is 2. The summed E-state index contributed by atoms with van der Waals surface area (Å²) in [5, 5.41) is 72.3. The van der Waals surface area contributed by atoms with Gasteiger partial charge >= 0.3 is 0 Å². The summed E-state index contributed by atoms with van der Waals surface area (Å²) in [6.07, 6.45) is -14.1. The van der Waals surface area contributed by atoms with Crippen molar-refractivity contribution >= 4 is 11.7 Å². The van der Waals surface area contributed by atoms with Crippen molar-refractivity contribution in [2.24, 2.45) is 5.92 Å². The summed E-state index contributed by atoms with van der Waals surface area (Å²) in [6, 6.07) is 0. The van der Waals surface area contributed by atoms with Gasteiger partial charge in [0.2, 0.25) is 5.91 Å². The molecule has 2 heterocycles. The first-order chi connectivity index (χ1) is 16.0. The molecule has 2 rings (SSSR count). The van der Waals surface area contributed by atoms with E-state index in [1.54, 1.807) is 13.8 Å². The molecule has 10 atom stereocenters. The van der Waals surface area contributed by atoms with E-state index in [1.807, 2.05) is 0 Å². The average molecular weight is 496 g/mol. The van der Waals surface area contributed by atoms with Gasteiger partial charge in [-0.05, 0) is 12.8 Å². The van der Waals surface area contributed by atoms with Crippen LogP contribution < -0.4 is 5.32 Å². The van der Waals surface area contributed by atoms with Crippen LogP contribution in [-0.4, -0.2) is 122 Å². The summed E-state index contributed by atoms with van der Waals surface area (Å²) in [5.41, 5.74) is 0. The predicted octanol–water partition coefficient (Wildman–Crippen LogP) is -3.49. The normalized spacial score (nSPS) is 38.6. The number of ketones is 1. The van der Waals surface area contributed by atoms with Crippen molar-refractivity contribution in [2.75, 3.05) is 13.2 Å². The number of unbranched alkanes of at least 4 members (excludes halogenated alkanes) is 1. The lowest BCUT2D eigenvalue weighted by Gasteiger charge is -2.46. The smallest absolute Gasteiger partial charge is 0.222 e. The Morgan fingerprint density at radius 1 is 0.824 bits per heavy atom. The van der Waals surface area contributed by atoms with Crippen molar-refractivity contribution in [3.05, 3.63) is 0 Å². The van der Waals surface area contributed by atoms with E-state index < -0.39 is 80.5 Å². The van der Waals surface area contributed by atoms with Gasteiger partial charge in [-0.3, -0.25) is 9.59 Å². The molecule has 0 aromatic rings. The van der Waals surface area contributed by atoms with E-state index in [1.165, 1.54) is 0 Å². The number of hydrogen-bond donors (Lipinski definition) is 8. The monoisotopic (exact) mass is 495 g/mol. The minimum absolute atomic E-state index is 0.0582. The minimum Gasteiger partial charge on any atom is -0.394 e. The lowest BCUT2D eigenvalue weighted by atomic mass is 9.96. The van der Waals surface area contributed by atoms with E-state index in [-0.39, 0.29) is 18.1 Å². The van der Waals surface area contributed by atoms with Crippen LogP contribution in [0, 0.1) is 5.92 Å².